The molecule has 150 valence electrons. The predicted molar refractivity (Wildman–Crippen MR) is 107 cm³/mol. The van der Waals surface area contributed by atoms with Crippen molar-refractivity contribution in [3.63, 3.8) is 0 Å². The van der Waals surface area contributed by atoms with Crippen molar-refractivity contribution >= 4 is 27.7 Å². The summed E-state index contributed by atoms with van der Waals surface area (Å²) in [5.41, 5.74) is 9.78. The maximum absolute atomic E-state index is 10.4. The van der Waals surface area contributed by atoms with Crippen LogP contribution in [-0.4, -0.2) is 67.0 Å². The van der Waals surface area contributed by atoms with Gasteiger partial charge in [-0.25, -0.2) is 0 Å². The first-order chi connectivity index (χ1) is 12.1. The summed E-state index contributed by atoms with van der Waals surface area (Å²) in [7, 11) is 1.00. The van der Waals surface area contributed by atoms with Crippen LogP contribution in [0.15, 0.2) is 0 Å². The summed E-state index contributed by atoms with van der Waals surface area (Å²) in [6.07, 6.45) is 9.05. The predicted octanol–water partition coefficient (Wildman–Crippen LogP) is 0.973. The number of piperidine rings is 2. The van der Waals surface area contributed by atoms with E-state index < -0.39 is 0 Å². The highest BCUT2D eigenvalue weighted by Gasteiger charge is 2.09. The fourth-order valence-corrected chi connectivity index (χ4v) is 2.74. The molecule has 8 heteroatoms. The van der Waals surface area contributed by atoms with E-state index in [1.807, 2.05) is 0 Å². The molecule has 2 fully saturated rings. The quantitative estimate of drug-likeness (QED) is 0.489. The molecule has 0 atom stereocenters. The number of likely N-dealkylation sites (tertiary alicyclic amines) is 1. The smallest absolute Gasteiger partial charge is 0.218 e. The molecule has 0 aromatic rings. The van der Waals surface area contributed by atoms with Gasteiger partial charge >= 0.3 is 0 Å². The minimum Gasteiger partial charge on any atom is -0.400 e. The second-order valence-electron chi connectivity index (χ2n) is 5.83. The number of rotatable bonds is 5. The summed E-state index contributed by atoms with van der Waals surface area (Å²) in [4.78, 5) is 22.5. The molecule has 0 radical (unpaired) electrons. The van der Waals surface area contributed by atoms with Crippen molar-refractivity contribution in [2.75, 3.05) is 45.2 Å². The number of aliphatic hydroxyl groups excluding tert-OH is 1. The Labute approximate surface area is 161 Å². The lowest BCUT2D eigenvalue weighted by atomic mass is 10.1. The second kappa shape index (κ2) is 21.3. The van der Waals surface area contributed by atoms with Crippen molar-refractivity contribution < 1.29 is 14.7 Å². The van der Waals surface area contributed by atoms with Gasteiger partial charge in [0.05, 0.1) is 0 Å². The summed E-state index contributed by atoms with van der Waals surface area (Å²) in [6.45, 7) is 5.65. The third-order valence-electron chi connectivity index (χ3n) is 3.67. The highest BCUT2D eigenvalue weighted by Crippen LogP contribution is 2.08. The molecule has 0 saturated carbocycles. The average Bonchev–Trinajstić information content (AvgIpc) is 2.65. The van der Waals surface area contributed by atoms with Crippen molar-refractivity contribution in [2.45, 2.75) is 51.4 Å². The van der Waals surface area contributed by atoms with Gasteiger partial charge in [0.15, 0.2) is 0 Å². The molecule has 0 bridgehead atoms. The average molecular weight is 425 g/mol. The van der Waals surface area contributed by atoms with E-state index in [1.54, 1.807) is 0 Å². The fourth-order valence-electron chi connectivity index (χ4n) is 2.35. The number of alkyl halides is 1. The van der Waals surface area contributed by atoms with Crippen molar-refractivity contribution in [3.8, 4) is 0 Å². The van der Waals surface area contributed by atoms with Crippen LogP contribution in [0.4, 0.5) is 0 Å². The zero-order valence-corrected chi connectivity index (χ0v) is 17.2. The van der Waals surface area contributed by atoms with Gasteiger partial charge in [-0.15, -0.1) is 0 Å². The molecule has 0 spiro atoms. The molecule has 2 saturated heterocycles. The van der Waals surface area contributed by atoms with Gasteiger partial charge in [-0.2, -0.15) is 0 Å². The number of halogens is 1. The van der Waals surface area contributed by atoms with Gasteiger partial charge in [-0.1, -0.05) is 28.8 Å². The van der Waals surface area contributed by atoms with Crippen LogP contribution in [-0.2, 0) is 9.59 Å². The molecule has 0 unspecified atom stereocenters. The highest BCUT2D eigenvalue weighted by molar-refractivity contribution is 9.09. The Bertz CT molecular complexity index is 299. The first kappa shape index (κ1) is 26.5. The van der Waals surface area contributed by atoms with E-state index in [9.17, 15) is 9.59 Å². The summed E-state index contributed by atoms with van der Waals surface area (Å²) < 4.78 is 0. The Morgan fingerprint density at radius 1 is 0.920 bits per heavy atom. The van der Waals surface area contributed by atoms with Crippen molar-refractivity contribution in [1.29, 1.82) is 0 Å². The number of amides is 2. The van der Waals surface area contributed by atoms with E-state index in [0.29, 0.717) is 18.2 Å². The molecule has 2 heterocycles. The van der Waals surface area contributed by atoms with E-state index >= 15 is 0 Å². The SMILES string of the molecule is C1CCNCC1.CO.NC(=O)CCBr.NC(=O)CCN1CCCCC1. The molecule has 2 aliphatic rings. The van der Waals surface area contributed by atoms with Gasteiger partial charge in [-0.05, 0) is 51.9 Å². The Morgan fingerprint density at radius 3 is 1.68 bits per heavy atom. The lowest BCUT2D eigenvalue weighted by Gasteiger charge is -2.25. The van der Waals surface area contributed by atoms with Gasteiger partial charge in [0.1, 0.15) is 0 Å². The maximum atomic E-state index is 10.4. The number of carbonyl (C=O) groups is 2. The van der Waals surface area contributed by atoms with Crippen molar-refractivity contribution in [3.05, 3.63) is 0 Å². The summed E-state index contributed by atoms with van der Waals surface area (Å²) in [5, 5.41) is 11.0. The Balaban J connectivity index is 0. The Kier molecular flexibility index (Phi) is 22.6. The standard InChI is InChI=1S/C8H16N2O.C5H11N.C3H6BrNO.CH4O/c9-8(11)4-7-10-5-2-1-3-6-10;1-2-4-6-5-3-1;4-2-1-3(5)6;1-2/h1-7H2,(H2,9,11);6H,1-5H2;1-2H2,(H2,5,6);2H,1H3. The largest absolute Gasteiger partial charge is 0.400 e. The minimum atomic E-state index is -0.258. The molecule has 0 aliphatic carbocycles. The first-order valence-electron chi connectivity index (χ1n) is 9.06. The van der Waals surface area contributed by atoms with Crippen LogP contribution >= 0.6 is 15.9 Å². The lowest BCUT2D eigenvalue weighted by molar-refractivity contribution is -0.118. The minimum absolute atomic E-state index is 0.185. The van der Waals surface area contributed by atoms with E-state index in [1.165, 1.54) is 51.6 Å². The monoisotopic (exact) mass is 424 g/mol. The number of nitrogens with one attached hydrogen (secondary N) is 1. The van der Waals surface area contributed by atoms with Crippen LogP contribution in [0.5, 0.6) is 0 Å². The second-order valence-corrected chi connectivity index (χ2v) is 6.63. The van der Waals surface area contributed by atoms with Gasteiger partial charge in [0.25, 0.3) is 0 Å². The highest BCUT2D eigenvalue weighted by atomic mass is 79.9. The number of aliphatic hydroxyl groups is 1. The molecule has 7 nitrogen and oxygen atoms in total. The molecule has 25 heavy (non-hydrogen) atoms. The number of nitrogens with two attached hydrogens (primary N) is 2. The normalized spacial score (nSPS) is 16.8. The molecule has 2 rings (SSSR count). The van der Waals surface area contributed by atoms with Crippen LogP contribution < -0.4 is 16.8 Å². The van der Waals surface area contributed by atoms with E-state index in [0.717, 1.165) is 26.7 Å². The maximum Gasteiger partial charge on any atom is 0.218 e. The van der Waals surface area contributed by atoms with Crippen LogP contribution in [0.1, 0.15) is 51.4 Å². The number of carbonyl (C=O) groups excluding carboxylic acids is 2. The molecular formula is C17H37BrN4O3. The fraction of sp³-hybridized carbons (Fsp3) is 0.882. The van der Waals surface area contributed by atoms with Crippen LogP contribution in [0.2, 0.25) is 0 Å². The Morgan fingerprint density at radius 2 is 1.40 bits per heavy atom. The summed E-state index contributed by atoms with van der Waals surface area (Å²) in [5.74, 6) is -0.442. The number of nitrogens with zero attached hydrogens (tertiary/aromatic N) is 1. The van der Waals surface area contributed by atoms with Gasteiger partial charge in [0.2, 0.25) is 11.8 Å². The zero-order chi connectivity index (χ0) is 19.3. The van der Waals surface area contributed by atoms with Gasteiger partial charge in [-0.3, -0.25) is 9.59 Å². The van der Waals surface area contributed by atoms with Gasteiger partial charge in [0, 0.05) is 31.8 Å². The number of hydrogen-bond donors (Lipinski definition) is 4. The van der Waals surface area contributed by atoms with E-state index in [-0.39, 0.29) is 11.8 Å². The first-order valence-corrected chi connectivity index (χ1v) is 10.2. The molecule has 2 amide bonds. The van der Waals surface area contributed by atoms with Crippen molar-refractivity contribution in [1.82, 2.24) is 10.2 Å². The lowest BCUT2D eigenvalue weighted by Crippen LogP contribution is -2.32. The zero-order valence-electron chi connectivity index (χ0n) is 15.6. The van der Waals surface area contributed by atoms with Crippen molar-refractivity contribution in [2.24, 2.45) is 11.5 Å². The molecule has 2 aliphatic heterocycles. The molecule has 6 N–H and O–H groups in total. The topological polar surface area (TPSA) is 122 Å². The Hall–Kier alpha value is -0.700. The molecule has 0 aromatic carbocycles. The summed E-state index contributed by atoms with van der Waals surface area (Å²) >= 11 is 3.05. The van der Waals surface area contributed by atoms with Crippen LogP contribution in [0.25, 0.3) is 0 Å². The molecular weight excluding hydrogens is 388 g/mol. The summed E-state index contributed by atoms with van der Waals surface area (Å²) in [6, 6.07) is 0. The third kappa shape index (κ3) is 23.3. The number of primary amides is 2. The van der Waals surface area contributed by atoms with Gasteiger partial charge < -0.3 is 26.8 Å². The van der Waals surface area contributed by atoms with Crippen LogP contribution in [0, 0.1) is 0 Å². The molecule has 0 aromatic heterocycles. The van der Waals surface area contributed by atoms with Crippen LogP contribution in [0.3, 0.4) is 0 Å². The number of hydrogen-bond acceptors (Lipinski definition) is 5. The third-order valence-corrected chi connectivity index (χ3v) is 4.07. The van der Waals surface area contributed by atoms with E-state index in [4.69, 9.17) is 16.6 Å². The van der Waals surface area contributed by atoms with E-state index in [2.05, 4.69) is 26.1 Å².